The van der Waals surface area contributed by atoms with Crippen LogP contribution in [0.2, 0.25) is 5.02 Å². The lowest BCUT2D eigenvalue weighted by Crippen LogP contribution is -2.25. The SMILES string of the molecule is COC(=O)[C@@H](C)Oc1c(C=Nn2c(-c3cc4ccccc4o3)nc3ccccc3c2=O)cc(Cl)cc1OC. The van der Waals surface area contributed by atoms with Crippen molar-refractivity contribution in [3.05, 3.63) is 87.7 Å². The minimum absolute atomic E-state index is 0.200. The number of para-hydroxylation sites is 2. The third-order valence-corrected chi connectivity index (χ3v) is 6.03. The molecule has 192 valence electrons. The van der Waals surface area contributed by atoms with Gasteiger partial charge in [0.2, 0.25) is 5.82 Å². The van der Waals surface area contributed by atoms with E-state index in [0.717, 1.165) is 10.1 Å². The molecule has 2 aromatic heterocycles. The highest BCUT2D eigenvalue weighted by Crippen LogP contribution is 2.35. The van der Waals surface area contributed by atoms with Gasteiger partial charge >= 0.3 is 5.97 Å². The van der Waals surface area contributed by atoms with E-state index < -0.39 is 17.6 Å². The van der Waals surface area contributed by atoms with Crippen LogP contribution in [-0.2, 0) is 9.53 Å². The summed E-state index contributed by atoms with van der Waals surface area (Å²) in [7, 11) is 2.71. The molecule has 0 bridgehead atoms. The topological polar surface area (TPSA) is 105 Å². The van der Waals surface area contributed by atoms with Crippen molar-refractivity contribution in [1.82, 2.24) is 9.66 Å². The molecule has 0 radical (unpaired) electrons. The lowest BCUT2D eigenvalue weighted by Gasteiger charge is -2.17. The first-order valence-electron chi connectivity index (χ1n) is 11.6. The summed E-state index contributed by atoms with van der Waals surface area (Å²) in [5.74, 6) is 0.472. The number of ether oxygens (including phenoxy) is 3. The van der Waals surface area contributed by atoms with Crippen molar-refractivity contribution in [2.24, 2.45) is 5.10 Å². The first-order valence-corrected chi connectivity index (χ1v) is 11.9. The Labute approximate surface area is 221 Å². The Morgan fingerprint density at radius 3 is 2.63 bits per heavy atom. The van der Waals surface area contributed by atoms with E-state index in [2.05, 4.69) is 10.1 Å². The number of furan rings is 1. The van der Waals surface area contributed by atoms with E-state index in [1.165, 1.54) is 27.4 Å². The molecule has 0 unspecified atom stereocenters. The fraction of sp³-hybridized carbons (Fsp3) is 0.143. The van der Waals surface area contributed by atoms with Crippen molar-refractivity contribution in [2.75, 3.05) is 14.2 Å². The van der Waals surface area contributed by atoms with Crippen molar-refractivity contribution in [3.8, 4) is 23.1 Å². The van der Waals surface area contributed by atoms with Crippen LogP contribution in [0.4, 0.5) is 0 Å². The van der Waals surface area contributed by atoms with E-state index in [1.54, 1.807) is 42.5 Å². The Morgan fingerprint density at radius 2 is 1.87 bits per heavy atom. The normalized spacial score (nSPS) is 12.2. The van der Waals surface area contributed by atoms with Gasteiger partial charge in [-0.25, -0.2) is 9.78 Å². The van der Waals surface area contributed by atoms with Crippen molar-refractivity contribution < 1.29 is 23.4 Å². The molecule has 0 N–H and O–H groups in total. The smallest absolute Gasteiger partial charge is 0.346 e. The molecule has 0 fully saturated rings. The number of carbonyl (C=O) groups is 1. The van der Waals surface area contributed by atoms with Gasteiger partial charge in [-0.05, 0) is 37.3 Å². The van der Waals surface area contributed by atoms with E-state index in [1.807, 2.05) is 24.3 Å². The molecule has 5 rings (SSSR count). The summed E-state index contributed by atoms with van der Waals surface area (Å²) >= 11 is 6.31. The predicted octanol–water partition coefficient (Wildman–Crippen LogP) is 5.29. The van der Waals surface area contributed by atoms with Crippen molar-refractivity contribution in [2.45, 2.75) is 13.0 Å². The molecular formula is C28H22ClN3O6. The zero-order valence-corrected chi connectivity index (χ0v) is 21.4. The molecule has 0 aliphatic carbocycles. The third-order valence-electron chi connectivity index (χ3n) is 5.81. The average Bonchev–Trinajstić information content (AvgIpc) is 3.37. The minimum atomic E-state index is -0.946. The van der Waals surface area contributed by atoms with Crippen LogP contribution in [-0.4, -0.2) is 42.2 Å². The molecule has 0 saturated carbocycles. The van der Waals surface area contributed by atoms with Gasteiger partial charge in [0.05, 0.1) is 31.3 Å². The van der Waals surface area contributed by atoms with Crippen LogP contribution < -0.4 is 15.0 Å². The van der Waals surface area contributed by atoms with Crippen LogP contribution in [0.15, 0.2) is 81.0 Å². The van der Waals surface area contributed by atoms with Crippen molar-refractivity contribution in [1.29, 1.82) is 0 Å². The van der Waals surface area contributed by atoms with E-state index >= 15 is 0 Å². The average molecular weight is 532 g/mol. The van der Waals surface area contributed by atoms with E-state index in [9.17, 15) is 9.59 Å². The second-order valence-electron chi connectivity index (χ2n) is 8.27. The summed E-state index contributed by atoms with van der Waals surface area (Å²) in [4.78, 5) is 30.3. The maximum absolute atomic E-state index is 13.6. The Bertz CT molecular complexity index is 1720. The summed E-state index contributed by atoms with van der Waals surface area (Å²) in [6, 6.07) is 19.4. The van der Waals surface area contributed by atoms with Gasteiger partial charge in [0.15, 0.2) is 23.4 Å². The monoisotopic (exact) mass is 531 g/mol. The summed E-state index contributed by atoms with van der Waals surface area (Å²) < 4.78 is 23.2. The van der Waals surface area contributed by atoms with Gasteiger partial charge in [-0.15, -0.1) is 0 Å². The Morgan fingerprint density at radius 1 is 1.11 bits per heavy atom. The number of hydrogen-bond donors (Lipinski definition) is 0. The number of esters is 1. The Balaban J connectivity index is 1.69. The molecular weight excluding hydrogens is 510 g/mol. The van der Waals surface area contributed by atoms with Crippen molar-refractivity contribution >= 4 is 45.7 Å². The molecule has 0 amide bonds. The number of nitrogens with zero attached hydrogens (tertiary/aromatic N) is 3. The highest BCUT2D eigenvalue weighted by Gasteiger charge is 2.21. The van der Waals surface area contributed by atoms with E-state index in [-0.39, 0.29) is 17.3 Å². The zero-order chi connectivity index (χ0) is 26.8. The maximum atomic E-state index is 13.6. The second-order valence-corrected chi connectivity index (χ2v) is 8.71. The summed E-state index contributed by atoms with van der Waals surface area (Å²) in [5.41, 5.74) is 1.11. The highest BCUT2D eigenvalue weighted by molar-refractivity contribution is 6.31. The largest absolute Gasteiger partial charge is 0.493 e. The van der Waals surface area contributed by atoms with Crippen LogP contribution in [0.1, 0.15) is 12.5 Å². The van der Waals surface area contributed by atoms with Crippen LogP contribution in [0.3, 0.4) is 0 Å². The molecule has 0 spiro atoms. The van der Waals surface area contributed by atoms with Crippen molar-refractivity contribution in [3.63, 3.8) is 0 Å². The third kappa shape index (κ3) is 4.71. The molecule has 5 aromatic rings. The highest BCUT2D eigenvalue weighted by atomic mass is 35.5. The summed E-state index contributed by atoms with van der Waals surface area (Å²) in [6.07, 6.45) is 0.441. The second kappa shape index (κ2) is 10.4. The number of rotatable bonds is 7. The molecule has 2 heterocycles. The van der Waals surface area contributed by atoms with Crippen LogP contribution in [0.25, 0.3) is 33.5 Å². The fourth-order valence-electron chi connectivity index (χ4n) is 3.96. The first kappa shape index (κ1) is 25.0. The molecule has 3 aromatic carbocycles. The van der Waals surface area contributed by atoms with Crippen LogP contribution in [0.5, 0.6) is 11.5 Å². The standard InChI is InChI=1S/C28H22ClN3O6/c1-16(28(34)36-3)37-25-18(12-19(29)14-23(25)35-2)15-30-32-26(24-13-17-8-4-7-11-22(17)38-24)31-21-10-6-5-9-20(21)27(32)33/h4-16H,1-3H3/t16-/m1/s1. The molecule has 38 heavy (non-hydrogen) atoms. The molecule has 0 aliphatic heterocycles. The van der Waals surface area contributed by atoms with Gasteiger partial charge in [-0.3, -0.25) is 4.79 Å². The number of benzene rings is 3. The quantitative estimate of drug-likeness (QED) is 0.207. The zero-order valence-electron chi connectivity index (χ0n) is 20.7. The molecule has 0 saturated heterocycles. The molecule has 10 heteroatoms. The molecule has 9 nitrogen and oxygen atoms in total. The van der Waals surface area contributed by atoms with E-state index in [0.29, 0.717) is 32.8 Å². The lowest BCUT2D eigenvalue weighted by atomic mass is 10.2. The first-order chi connectivity index (χ1) is 18.4. The number of carbonyl (C=O) groups excluding carboxylic acids is 1. The number of hydrogen-bond acceptors (Lipinski definition) is 8. The van der Waals surface area contributed by atoms with Gasteiger partial charge in [-0.2, -0.15) is 9.78 Å². The van der Waals surface area contributed by atoms with Gasteiger partial charge in [0, 0.05) is 22.0 Å². The van der Waals surface area contributed by atoms with Gasteiger partial charge in [-0.1, -0.05) is 41.9 Å². The maximum Gasteiger partial charge on any atom is 0.346 e. The van der Waals surface area contributed by atoms with Gasteiger partial charge in [0.1, 0.15) is 5.58 Å². The predicted molar refractivity (Wildman–Crippen MR) is 144 cm³/mol. The number of aromatic nitrogens is 2. The summed E-state index contributed by atoms with van der Waals surface area (Å²) in [6.45, 7) is 1.54. The van der Waals surface area contributed by atoms with E-state index in [4.69, 9.17) is 30.2 Å². The number of fused-ring (bicyclic) bond motifs is 2. The van der Waals surface area contributed by atoms with Crippen LogP contribution >= 0.6 is 11.6 Å². The van der Waals surface area contributed by atoms with Crippen LogP contribution in [0, 0.1) is 0 Å². The minimum Gasteiger partial charge on any atom is -0.493 e. The summed E-state index contributed by atoms with van der Waals surface area (Å²) in [5, 5.41) is 6.04. The molecule has 0 aliphatic rings. The van der Waals surface area contributed by atoms with Gasteiger partial charge < -0.3 is 18.6 Å². The number of methoxy groups -OCH3 is 2. The number of halogens is 1. The fourth-order valence-corrected chi connectivity index (χ4v) is 4.17. The lowest BCUT2D eigenvalue weighted by molar-refractivity contribution is -0.147. The van der Waals surface area contributed by atoms with Gasteiger partial charge in [0.25, 0.3) is 5.56 Å². The Kier molecular flexibility index (Phi) is 6.85. The molecule has 1 atom stereocenters. The Hall–Kier alpha value is -4.63.